The molecule has 1 aromatic rings. The van der Waals surface area contributed by atoms with Gasteiger partial charge in [-0.05, 0) is 46.2 Å². The standard InChI is InChI=1S/C13H19N3O2/c1-9-7-10(2)15-12(14-9)13(3)5-4-6-16(13)8-11(17)18/h7H,4-6,8H2,1-3H3,(H,17,18). The molecule has 1 fully saturated rings. The maximum absolute atomic E-state index is 10.9. The Bertz CT molecular complexity index is 455. The van der Waals surface area contributed by atoms with Gasteiger partial charge in [0.1, 0.15) is 5.82 Å². The maximum atomic E-state index is 10.9. The zero-order valence-corrected chi connectivity index (χ0v) is 11.1. The van der Waals surface area contributed by atoms with Crippen LogP contribution in [-0.4, -0.2) is 39.0 Å². The van der Waals surface area contributed by atoms with E-state index in [0.29, 0.717) is 0 Å². The second kappa shape index (κ2) is 4.65. The van der Waals surface area contributed by atoms with Crippen molar-refractivity contribution in [3.8, 4) is 0 Å². The third-order valence-corrected chi connectivity index (χ3v) is 3.58. The molecule has 98 valence electrons. The monoisotopic (exact) mass is 249 g/mol. The van der Waals surface area contributed by atoms with Gasteiger partial charge in [0.15, 0.2) is 0 Å². The van der Waals surface area contributed by atoms with E-state index in [4.69, 9.17) is 5.11 Å². The lowest BCUT2D eigenvalue weighted by atomic mass is 9.97. The molecule has 1 aliphatic heterocycles. The van der Waals surface area contributed by atoms with Crippen LogP contribution in [0.1, 0.15) is 37.0 Å². The summed E-state index contributed by atoms with van der Waals surface area (Å²) < 4.78 is 0. The van der Waals surface area contributed by atoms with E-state index < -0.39 is 5.97 Å². The third kappa shape index (κ3) is 2.36. The molecule has 0 radical (unpaired) electrons. The molecule has 1 saturated heterocycles. The van der Waals surface area contributed by atoms with Gasteiger partial charge in [-0.2, -0.15) is 0 Å². The van der Waals surface area contributed by atoms with E-state index in [-0.39, 0.29) is 12.1 Å². The number of carboxylic acids is 1. The number of aromatic nitrogens is 2. The molecule has 2 rings (SSSR count). The first-order valence-electron chi connectivity index (χ1n) is 6.21. The first kappa shape index (κ1) is 13.0. The van der Waals surface area contributed by atoms with Gasteiger partial charge in [-0.3, -0.25) is 9.69 Å². The van der Waals surface area contributed by atoms with Crippen molar-refractivity contribution in [2.75, 3.05) is 13.1 Å². The Hall–Kier alpha value is -1.49. The molecule has 5 heteroatoms. The molecule has 1 aliphatic rings. The fraction of sp³-hybridized carbons (Fsp3) is 0.615. The Balaban J connectivity index is 2.36. The minimum atomic E-state index is -0.799. The van der Waals surface area contributed by atoms with E-state index in [1.165, 1.54) is 0 Å². The lowest BCUT2D eigenvalue weighted by Gasteiger charge is -2.32. The van der Waals surface area contributed by atoms with Crippen molar-refractivity contribution in [1.82, 2.24) is 14.9 Å². The predicted octanol–water partition coefficient (Wildman–Crippen LogP) is 1.49. The van der Waals surface area contributed by atoms with Crippen molar-refractivity contribution in [1.29, 1.82) is 0 Å². The van der Waals surface area contributed by atoms with Crippen molar-refractivity contribution in [3.05, 3.63) is 23.3 Å². The number of hydrogen-bond donors (Lipinski definition) is 1. The van der Waals surface area contributed by atoms with Crippen molar-refractivity contribution >= 4 is 5.97 Å². The summed E-state index contributed by atoms with van der Waals surface area (Å²) in [6.07, 6.45) is 1.89. The van der Waals surface area contributed by atoms with Crippen LogP contribution in [0.3, 0.4) is 0 Å². The van der Waals surface area contributed by atoms with Crippen molar-refractivity contribution in [2.45, 2.75) is 39.2 Å². The summed E-state index contributed by atoms with van der Waals surface area (Å²) in [7, 11) is 0. The SMILES string of the molecule is Cc1cc(C)nc(C2(C)CCCN2CC(=O)O)n1. The average Bonchev–Trinajstić information content (AvgIpc) is 2.59. The number of aryl methyl sites for hydroxylation is 2. The Morgan fingerprint density at radius 1 is 1.44 bits per heavy atom. The number of aliphatic carboxylic acids is 1. The number of likely N-dealkylation sites (tertiary alicyclic amines) is 1. The summed E-state index contributed by atoms with van der Waals surface area (Å²) in [6, 6.07) is 1.93. The molecule has 0 saturated carbocycles. The molecule has 1 N–H and O–H groups in total. The maximum Gasteiger partial charge on any atom is 0.317 e. The first-order chi connectivity index (χ1) is 8.41. The molecule has 0 bridgehead atoms. The van der Waals surface area contributed by atoms with Gasteiger partial charge >= 0.3 is 5.97 Å². The van der Waals surface area contributed by atoms with E-state index in [2.05, 4.69) is 9.97 Å². The molecular weight excluding hydrogens is 230 g/mol. The summed E-state index contributed by atoms with van der Waals surface area (Å²) >= 11 is 0. The number of rotatable bonds is 3. The van der Waals surface area contributed by atoms with Crippen LogP contribution in [0.25, 0.3) is 0 Å². The zero-order valence-electron chi connectivity index (χ0n) is 11.1. The molecule has 0 aromatic carbocycles. The molecule has 0 spiro atoms. The van der Waals surface area contributed by atoms with Gasteiger partial charge in [-0.1, -0.05) is 0 Å². The van der Waals surface area contributed by atoms with Gasteiger partial charge < -0.3 is 5.11 Å². The van der Waals surface area contributed by atoms with Crippen LogP contribution in [0.2, 0.25) is 0 Å². The van der Waals surface area contributed by atoms with Gasteiger partial charge in [0.05, 0.1) is 12.1 Å². The normalized spacial score (nSPS) is 24.4. The summed E-state index contributed by atoms with van der Waals surface area (Å²) in [5.41, 5.74) is 1.51. The minimum absolute atomic E-state index is 0.0485. The van der Waals surface area contributed by atoms with Crippen LogP contribution >= 0.6 is 0 Å². The molecule has 2 heterocycles. The zero-order chi connectivity index (χ0) is 13.3. The van der Waals surface area contributed by atoms with Crippen LogP contribution in [0, 0.1) is 13.8 Å². The molecule has 5 nitrogen and oxygen atoms in total. The van der Waals surface area contributed by atoms with Gasteiger partial charge in [0, 0.05) is 11.4 Å². The molecule has 1 atom stereocenters. The van der Waals surface area contributed by atoms with Crippen LogP contribution in [-0.2, 0) is 10.3 Å². The molecule has 0 aliphatic carbocycles. The van der Waals surface area contributed by atoms with E-state index in [9.17, 15) is 4.79 Å². The summed E-state index contributed by atoms with van der Waals surface area (Å²) in [5.74, 6) is -0.0498. The second-order valence-electron chi connectivity index (χ2n) is 5.17. The fourth-order valence-electron chi connectivity index (χ4n) is 2.66. The van der Waals surface area contributed by atoms with E-state index in [1.54, 1.807) is 0 Å². The third-order valence-electron chi connectivity index (χ3n) is 3.58. The fourth-order valence-corrected chi connectivity index (χ4v) is 2.66. The lowest BCUT2D eigenvalue weighted by Crippen LogP contribution is -2.43. The number of carbonyl (C=O) groups is 1. The summed E-state index contributed by atoms with van der Waals surface area (Å²) in [4.78, 5) is 21.9. The Labute approximate surface area is 107 Å². The Kier molecular flexibility index (Phi) is 3.34. The summed E-state index contributed by atoms with van der Waals surface area (Å²) in [5, 5.41) is 8.98. The smallest absolute Gasteiger partial charge is 0.317 e. The van der Waals surface area contributed by atoms with Crippen LogP contribution in [0.5, 0.6) is 0 Å². The highest BCUT2D eigenvalue weighted by Gasteiger charge is 2.41. The largest absolute Gasteiger partial charge is 0.480 e. The van der Waals surface area contributed by atoms with E-state index in [0.717, 1.165) is 36.6 Å². The predicted molar refractivity (Wildman–Crippen MR) is 67.3 cm³/mol. The van der Waals surface area contributed by atoms with Crippen LogP contribution < -0.4 is 0 Å². The highest BCUT2D eigenvalue weighted by atomic mass is 16.4. The lowest BCUT2D eigenvalue weighted by molar-refractivity contribution is -0.139. The van der Waals surface area contributed by atoms with Crippen molar-refractivity contribution in [2.24, 2.45) is 0 Å². The van der Waals surface area contributed by atoms with Crippen LogP contribution in [0.4, 0.5) is 0 Å². The molecule has 1 unspecified atom stereocenters. The van der Waals surface area contributed by atoms with Gasteiger partial charge in [-0.15, -0.1) is 0 Å². The average molecular weight is 249 g/mol. The quantitative estimate of drug-likeness (QED) is 0.879. The number of nitrogens with zero attached hydrogens (tertiary/aromatic N) is 3. The number of hydrogen-bond acceptors (Lipinski definition) is 4. The highest BCUT2D eigenvalue weighted by molar-refractivity contribution is 5.69. The van der Waals surface area contributed by atoms with Crippen molar-refractivity contribution in [3.63, 3.8) is 0 Å². The Morgan fingerprint density at radius 2 is 2.06 bits per heavy atom. The van der Waals surface area contributed by atoms with Gasteiger partial charge in [-0.25, -0.2) is 9.97 Å². The summed E-state index contributed by atoms with van der Waals surface area (Å²) in [6.45, 7) is 6.76. The van der Waals surface area contributed by atoms with Crippen molar-refractivity contribution < 1.29 is 9.90 Å². The topological polar surface area (TPSA) is 66.3 Å². The second-order valence-corrected chi connectivity index (χ2v) is 5.17. The minimum Gasteiger partial charge on any atom is -0.480 e. The molecule has 1 aromatic heterocycles. The highest BCUT2D eigenvalue weighted by Crippen LogP contribution is 2.36. The first-order valence-corrected chi connectivity index (χ1v) is 6.21. The molecule has 18 heavy (non-hydrogen) atoms. The van der Waals surface area contributed by atoms with Crippen LogP contribution in [0.15, 0.2) is 6.07 Å². The van der Waals surface area contributed by atoms with E-state index >= 15 is 0 Å². The Morgan fingerprint density at radius 3 is 2.61 bits per heavy atom. The molecular formula is C13H19N3O2. The van der Waals surface area contributed by atoms with Gasteiger partial charge in [0.25, 0.3) is 0 Å². The molecule has 0 amide bonds. The van der Waals surface area contributed by atoms with Gasteiger partial charge in [0.2, 0.25) is 0 Å². The number of carboxylic acid groups (broad SMARTS) is 1. The van der Waals surface area contributed by atoms with E-state index in [1.807, 2.05) is 31.7 Å².